The summed E-state index contributed by atoms with van der Waals surface area (Å²) < 4.78 is 6.93. The second-order valence-corrected chi connectivity index (χ2v) is 3.54. The Kier molecular flexibility index (Phi) is 2.22. The van der Waals surface area contributed by atoms with Crippen LogP contribution in [0.25, 0.3) is 17.2 Å². The molecule has 0 aromatic carbocycles. The van der Waals surface area contributed by atoms with Crippen molar-refractivity contribution in [2.75, 3.05) is 7.11 Å². The van der Waals surface area contributed by atoms with Crippen molar-refractivity contribution >= 4 is 5.78 Å². The van der Waals surface area contributed by atoms with Crippen LogP contribution in [0.15, 0.2) is 43.0 Å². The standard InChI is InChI=1S/C12H10N4O/c1-17-9-3-4-10(14-7-9)11-8-16-6-2-5-13-12(16)15-11/h2-8H,1H3. The van der Waals surface area contributed by atoms with E-state index in [9.17, 15) is 0 Å². The fourth-order valence-electron chi connectivity index (χ4n) is 1.61. The largest absolute Gasteiger partial charge is 0.495 e. The molecule has 5 heteroatoms. The van der Waals surface area contributed by atoms with Crippen LogP contribution in [0.4, 0.5) is 0 Å². The highest BCUT2D eigenvalue weighted by Crippen LogP contribution is 2.18. The first kappa shape index (κ1) is 9.77. The quantitative estimate of drug-likeness (QED) is 0.668. The molecule has 0 aliphatic carbocycles. The number of hydrogen-bond acceptors (Lipinski definition) is 4. The predicted molar refractivity (Wildman–Crippen MR) is 62.8 cm³/mol. The Morgan fingerprint density at radius 2 is 2.12 bits per heavy atom. The number of rotatable bonds is 2. The van der Waals surface area contributed by atoms with Crippen molar-refractivity contribution in [1.29, 1.82) is 0 Å². The molecule has 5 nitrogen and oxygen atoms in total. The van der Waals surface area contributed by atoms with Crippen LogP contribution in [-0.4, -0.2) is 26.5 Å². The van der Waals surface area contributed by atoms with Gasteiger partial charge >= 0.3 is 0 Å². The molecule has 0 saturated heterocycles. The Balaban J connectivity index is 2.07. The van der Waals surface area contributed by atoms with Crippen molar-refractivity contribution in [3.8, 4) is 17.1 Å². The minimum Gasteiger partial charge on any atom is -0.495 e. The van der Waals surface area contributed by atoms with E-state index in [1.165, 1.54) is 0 Å². The molecule has 0 atom stereocenters. The van der Waals surface area contributed by atoms with Crippen LogP contribution in [0.1, 0.15) is 0 Å². The molecule has 3 aromatic heterocycles. The molecule has 0 amide bonds. The van der Waals surface area contributed by atoms with Crippen LogP contribution in [0.5, 0.6) is 5.75 Å². The Morgan fingerprint density at radius 1 is 1.18 bits per heavy atom. The van der Waals surface area contributed by atoms with E-state index >= 15 is 0 Å². The Morgan fingerprint density at radius 3 is 2.82 bits per heavy atom. The highest BCUT2D eigenvalue weighted by Gasteiger charge is 2.05. The third-order valence-electron chi connectivity index (χ3n) is 2.47. The summed E-state index contributed by atoms with van der Waals surface area (Å²) in [5.74, 6) is 1.40. The molecule has 0 bridgehead atoms. The average Bonchev–Trinajstić information content (AvgIpc) is 2.82. The zero-order valence-electron chi connectivity index (χ0n) is 9.24. The van der Waals surface area contributed by atoms with Gasteiger partial charge < -0.3 is 4.74 Å². The maximum absolute atomic E-state index is 5.06. The molecule has 84 valence electrons. The van der Waals surface area contributed by atoms with Gasteiger partial charge in [0.1, 0.15) is 11.4 Å². The lowest BCUT2D eigenvalue weighted by Crippen LogP contribution is -1.86. The molecular formula is C12H10N4O. The average molecular weight is 226 g/mol. The number of methoxy groups -OCH3 is 1. The van der Waals surface area contributed by atoms with Gasteiger partial charge in [0.05, 0.1) is 19.0 Å². The molecule has 0 aliphatic heterocycles. The monoisotopic (exact) mass is 226 g/mol. The number of pyridine rings is 1. The smallest absolute Gasteiger partial charge is 0.234 e. The zero-order chi connectivity index (χ0) is 11.7. The van der Waals surface area contributed by atoms with Gasteiger partial charge in [-0.25, -0.2) is 9.97 Å². The van der Waals surface area contributed by atoms with Crippen molar-refractivity contribution in [2.45, 2.75) is 0 Å². The van der Waals surface area contributed by atoms with Crippen LogP contribution in [0, 0.1) is 0 Å². The Labute approximate surface area is 97.7 Å². The number of hydrogen-bond donors (Lipinski definition) is 0. The number of imidazole rings is 1. The van der Waals surface area contributed by atoms with E-state index in [0.717, 1.165) is 17.1 Å². The van der Waals surface area contributed by atoms with Crippen molar-refractivity contribution in [1.82, 2.24) is 19.4 Å². The number of aromatic nitrogens is 4. The second-order valence-electron chi connectivity index (χ2n) is 3.54. The van der Waals surface area contributed by atoms with E-state index in [1.54, 1.807) is 19.5 Å². The van der Waals surface area contributed by atoms with Gasteiger partial charge in [-0.2, -0.15) is 0 Å². The molecule has 0 radical (unpaired) electrons. The summed E-state index contributed by atoms with van der Waals surface area (Å²) in [7, 11) is 1.62. The van der Waals surface area contributed by atoms with Gasteiger partial charge in [0.2, 0.25) is 5.78 Å². The van der Waals surface area contributed by atoms with E-state index in [4.69, 9.17) is 4.74 Å². The van der Waals surface area contributed by atoms with E-state index in [-0.39, 0.29) is 0 Å². The summed E-state index contributed by atoms with van der Waals surface area (Å²) in [6.45, 7) is 0. The molecule has 3 aromatic rings. The first-order chi connectivity index (χ1) is 8.36. The van der Waals surface area contributed by atoms with E-state index in [1.807, 2.05) is 35.0 Å². The summed E-state index contributed by atoms with van der Waals surface area (Å²) in [6.07, 6.45) is 7.19. The molecule has 3 heterocycles. The maximum Gasteiger partial charge on any atom is 0.234 e. The lowest BCUT2D eigenvalue weighted by Gasteiger charge is -1.98. The van der Waals surface area contributed by atoms with Crippen molar-refractivity contribution in [2.24, 2.45) is 0 Å². The van der Waals surface area contributed by atoms with E-state index < -0.39 is 0 Å². The minimum atomic E-state index is 0.667. The lowest BCUT2D eigenvalue weighted by molar-refractivity contribution is 0.413. The van der Waals surface area contributed by atoms with Crippen LogP contribution >= 0.6 is 0 Å². The van der Waals surface area contributed by atoms with Gasteiger partial charge in [-0.15, -0.1) is 0 Å². The SMILES string of the molecule is COc1ccc(-c2cn3cccnc3n2)nc1. The van der Waals surface area contributed by atoms with Crippen LogP contribution < -0.4 is 4.74 Å². The molecule has 3 rings (SSSR count). The Hall–Kier alpha value is -2.43. The van der Waals surface area contributed by atoms with Crippen molar-refractivity contribution < 1.29 is 4.74 Å². The molecule has 0 fully saturated rings. The topological polar surface area (TPSA) is 52.3 Å². The predicted octanol–water partition coefficient (Wildman–Crippen LogP) is 1.80. The van der Waals surface area contributed by atoms with E-state index in [2.05, 4.69) is 15.0 Å². The Bertz CT molecular complexity index is 612. The highest BCUT2D eigenvalue weighted by atomic mass is 16.5. The fraction of sp³-hybridized carbons (Fsp3) is 0.0833. The van der Waals surface area contributed by atoms with Gasteiger partial charge in [0.25, 0.3) is 0 Å². The molecule has 17 heavy (non-hydrogen) atoms. The van der Waals surface area contributed by atoms with Gasteiger partial charge in [-0.3, -0.25) is 9.38 Å². The third kappa shape index (κ3) is 1.71. The third-order valence-corrected chi connectivity index (χ3v) is 2.47. The van der Waals surface area contributed by atoms with Gasteiger partial charge in [-0.05, 0) is 18.2 Å². The number of fused-ring (bicyclic) bond motifs is 1. The first-order valence-corrected chi connectivity index (χ1v) is 5.17. The first-order valence-electron chi connectivity index (χ1n) is 5.17. The molecule has 0 N–H and O–H groups in total. The summed E-state index contributed by atoms with van der Waals surface area (Å²) >= 11 is 0. The van der Waals surface area contributed by atoms with Crippen molar-refractivity contribution in [3.05, 3.63) is 43.0 Å². The maximum atomic E-state index is 5.06. The van der Waals surface area contributed by atoms with Gasteiger partial charge in [0, 0.05) is 18.6 Å². The molecular weight excluding hydrogens is 216 g/mol. The molecule has 0 unspecified atom stereocenters. The second kappa shape index (κ2) is 3.86. The molecule has 0 aliphatic rings. The summed E-state index contributed by atoms with van der Waals surface area (Å²) in [5.41, 5.74) is 1.60. The number of ether oxygens (including phenoxy) is 1. The highest BCUT2D eigenvalue weighted by molar-refractivity contribution is 5.57. The normalized spacial score (nSPS) is 10.6. The summed E-state index contributed by atoms with van der Waals surface area (Å²) in [6, 6.07) is 5.60. The van der Waals surface area contributed by atoms with Gasteiger partial charge in [0.15, 0.2) is 0 Å². The van der Waals surface area contributed by atoms with Crippen molar-refractivity contribution in [3.63, 3.8) is 0 Å². The van der Waals surface area contributed by atoms with Crippen LogP contribution in [0.3, 0.4) is 0 Å². The van der Waals surface area contributed by atoms with Crippen LogP contribution in [0.2, 0.25) is 0 Å². The lowest BCUT2D eigenvalue weighted by atomic mass is 10.3. The zero-order valence-corrected chi connectivity index (χ0v) is 9.24. The number of nitrogens with zero attached hydrogens (tertiary/aromatic N) is 4. The van der Waals surface area contributed by atoms with E-state index in [0.29, 0.717) is 5.78 Å². The molecule has 0 saturated carbocycles. The minimum absolute atomic E-state index is 0.667. The van der Waals surface area contributed by atoms with Gasteiger partial charge in [-0.1, -0.05) is 0 Å². The fourth-order valence-corrected chi connectivity index (χ4v) is 1.61. The molecule has 0 spiro atoms. The summed E-state index contributed by atoms with van der Waals surface area (Å²) in [4.78, 5) is 12.8. The summed E-state index contributed by atoms with van der Waals surface area (Å²) in [5, 5.41) is 0. The van der Waals surface area contributed by atoms with Crippen LogP contribution in [-0.2, 0) is 0 Å².